The Bertz CT molecular complexity index is 738. The van der Waals surface area contributed by atoms with Crippen LogP contribution in [0.5, 0.6) is 17.2 Å². The number of aliphatic imine (C=N–C) groups is 1. The number of ether oxygens (including phenoxy) is 3. The predicted molar refractivity (Wildman–Crippen MR) is 139 cm³/mol. The fourth-order valence-corrected chi connectivity index (χ4v) is 4.91. The summed E-state index contributed by atoms with van der Waals surface area (Å²) >= 11 is 0. The molecule has 3 fully saturated rings. The number of hydrogen-bond donors (Lipinski definition) is 1. The van der Waals surface area contributed by atoms with Crippen LogP contribution in [-0.4, -0.2) is 76.9 Å². The third kappa shape index (κ3) is 6.12. The van der Waals surface area contributed by atoms with Crippen LogP contribution >= 0.6 is 24.0 Å². The van der Waals surface area contributed by atoms with Gasteiger partial charge in [-0.2, -0.15) is 0 Å². The van der Waals surface area contributed by atoms with Crippen LogP contribution in [0.2, 0.25) is 0 Å². The second-order valence-corrected chi connectivity index (χ2v) is 9.06. The molecule has 0 bridgehead atoms. The smallest absolute Gasteiger partial charge is 0.203 e. The van der Waals surface area contributed by atoms with E-state index in [1.165, 1.54) is 31.2 Å². The number of piperazine rings is 1. The molecule has 1 saturated heterocycles. The van der Waals surface area contributed by atoms with Gasteiger partial charge in [0.2, 0.25) is 5.75 Å². The summed E-state index contributed by atoms with van der Waals surface area (Å²) in [7, 11) is 6.87. The van der Waals surface area contributed by atoms with Crippen molar-refractivity contribution in [1.29, 1.82) is 0 Å². The number of nitrogens with one attached hydrogen (secondary N) is 1. The first-order valence-corrected chi connectivity index (χ1v) is 11.6. The number of hydrogen-bond acceptors (Lipinski definition) is 5. The molecule has 4 rings (SSSR count). The summed E-state index contributed by atoms with van der Waals surface area (Å²) in [6, 6.07) is 4.09. The van der Waals surface area contributed by atoms with Gasteiger partial charge in [0.1, 0.15) is 0 Å². The van der Waals surface area contributed by atoms with E-state index < -0.39 is 0 Å². The molecule has 180 valence electrons. The van der Waals surface area contributed by atoms with Gasteiger partial charge in [-0.15, -0.1) is 24.0 Å². The molecule has 1 heterocycles. The maximum Gasteiger partial charge on any atom is 0.203 e. The van der Waals surface area contributed by atoms with E-state index in [4.69, 9.17) is 14.2 Å². The molecule has 0 radical (unpaired) electrons. The Morgan fingerprint density at radius 1 is 0.969 bits per heavy atom. The van der Waals surface area contributed by atoms with Gasteiger partial charge in [-0.05, 0) is 61.1 Å². The molecule has 2 saturated carbocycles. The average Bonchev–Trinajstić information content (AvgIpc) is 3.71. The second kappa shape index (κ2) is 11.6. The largest absolute Gasteiger partial charge is 0.493 e. The van der Waals surface area contributed by atoms with E-state index in [0.717, 1.165) is 63.0 Å². The minimum absolute atomic E-state index is 0. The molecule has 0 amide bonds. The lowest BCUT2D eigenvalue weighted by Crippen LogP contribution is -2.52. The maximum atomic E-state index is 5.50. The summed E-state index contributed by atoms with van der Waals surface area (Å²) in [6.07, 6.45) is 5.73. The predicted octanol–water partition coefficient (Wildman–Crippen LogP) is 3.46. The summed E-state index contributed by atoms with van der Waals surface area (Å²) in [4.78, 5) is 9.46. The SMILES string of the molecule is CN=C(NCC(C1CC1)C1CC1)N1CCN(Cc2cc(OC)c(OC)c(OC)c2)CC1.I. The Hall–Kier alpha value is -1.42. The summed E-state index contributed by atoms with van der Waals surface area (Å²) in [5.41, 5.74) is 1.17. The number of methoxy groups -OCH3 is 3. The van der Waals surface area contributed by atoms with Crippen molar-refractivity contribution < 1.29 is 14.2 Å². The second-order valence-electron chi connectivity index (χ2n) is 9.06. The van der Waals surface area contributed by atoms with Crippen molar-refractivity contribution in [3.8, 4) is 17.2 Å². The highest BCUT2D eigenvalue weighted by molar-refractivity contribution is 14.0. The molecule has 0 atom stereocenters. The minimum Gasteiger partial charge on any atom is -0.493 e. The molecule has 0 spiro atoms. The zero-order chi connectivity index (χ0) is 21.8. The molecule has 8 heteroatoms. The Kier molecular flexibility index (Phi) is 9.16. The van der Waals surface area contributed by atoms with Gasteiger partial charge in [0, 0.05) is 46.3 Å². The van der Waals surface area contributed by atoms with Crippen molar-refractivity contribution in [2.24, 2.45) is 22.7 Å². The molecule has 32 heavy (non-hydrogen) atoms. The molecular formula is C24H39IN4O3. The standard InChI is InChI=1S/C24H38N4O3.HI/c1-25-24(26-15-20(18-5-6-18)19-7-8-19)28-11-9-27(10-12-28)16-17-13-21(29-2)23(31-4)22(14-17)30-3;/h13-14,18-20H,5-12,15-16H2,1-4H3,(H,25,26);1H. The lowest BCUT2D eigenvalue weighted by atomic mass is 9.98. The van der Waals surface area contributed by atoms with Crippen molar-refractivity contribution in [2.75, 3.05) is 61.1 Å². The van der Waals surface area contributed by atoms with E-state index in [0.29, 0.717) is 17.2 Å². The van der Waals surface area contributed by atoms with Crippen LogP contribution < -0.4 is 19.5 Å². The highest BCUT2D eigenvalue weighted by atomic mass is 127. The van der Waals surface area contributed by atoms with Crippen LogP contribution in [-0.2, 0) is 6.54 Å². The van der Waals surface area contributed by atoms with Crippen molar-refractivity contribution in [2.45, 2.75) is 32.2 Å². The van der Waals surface area contributed by atoms with Gasteiger partial charge in [0.05, 0.1) is 21.3 Å². The van der Waals surface area contributed by atoms with Crippen LogP contribution in [0, 0.1) is 17.8 Å². The van der Waals surface area contributed by atoms with E-state index in [1.54, 1.807) is 21.3 Å². The van der Waals surface area contributed by atoms with Crippen molar-refractivity contribution >= 4 is 29.9 Å². The lowest BCUT2D eigenvalue weighted by molar-refractivity contribution is 0.171. The van der Waals surface area contributed by atoms with Gasteiger partial charge in [-0.1, -0.05) is 0 Å². The highest BCUT2D eigenvalue weighted by Gasteiger charge is 2.41. The lowest BCUT2D eigenvalue weighted by Gasteiger charge is -2.37. The monoisotopic (exact) mass is 558 g/mol. The fourth-order valence-electron chi connectivity index (χ4n) is 4.91. The first kappa shape index (κ1) is 25.2. The van der Waals surface area contributed by atoms with Crippen LogP contribution in [0.15, 0.2) is 17.1 Å². The van der Waals surface area contributed by atoms with E-state index in [2.05, 4.69) is 20.1 Å². The van der Waals surface area contributed by atoms with Gasteiger partial charge >= 0.3 is 0 Å². The molecular weight excluding hydrogens is 519 g/mol. The topological polar surface area (TPSA) is 58.6 Å². The third-order valence-corrected chi connectivity index (χ3v) is 6.97. The minimum atomic E-state index is 0. The van der Waals surface area contributed by atoms with E-state index in [1.807, 2.05) is 19.2 Å². The number of nitrogens with zero attached hydrogens (tertiary/aromatic N) is 3. The Labute approximate surface area is 209 Å². The molecule has 1 N–H and O–H groups in total. The molecule has 1 aromatic carbocycles. The fraction of sp³-hybridized carbons (Fsp3) is 0.708. The van der Waals surface area contributed by atoms with Crippen LogP contribution in [0.4, 0.5) is 0 Å². The maximum absolute atomic E-state index is 5.50. The molecule has 2 aliphatic carbocycles. The van der Waals surface area contributed by atoms with E-state index in [9.17, 15) is 0 Å². The van der Waals surface area contributed by atoms with Crippen LogP contribution in [0.1, 0.15) is 31.2 Å². The van der Waals surface area contributed by atoms with Crippen molar-refractivity contribution in [3.63, 3.8) is 0 Å². The van der Waals surface area contributed by atoms with Crippen molar-refractivity contribution in [1.82, 2.24) is 15.1 Å². The van der Waals surface area contributed by atoms with Gasteiger partial charge in [0.25, 0.3) is 0 Å². The Morgan fingerprint density at radius 3 is 1.97 bits per heavy atom. The highest BCUT2D eigenvalue weighted by Crippen LogP contribution is 2.48. The van der Waals surface area contributed by atoms with Crippen LogP contribution in [0.3, 0.4) is 0 Å². The molecule has 3 aliphatic rings. The zero-order valence-corrected chi connectivity index (χ0v) is 22.3. The van der Waals surface area contributed by atoms with E-state index in [-0.39, 0.29) is 24.0 Å². The Morgan fingerprint density at radius 2 is 1.53 bits per heavy atom. The first-order chi connectivity index (χ1) is 15.2. The molecule has 0 aromatic heterocycles. The average molecular weight is 559 g/mol. The molecule has 1 aromatic rings. The summed E-state index contributed by atoms with van der Waals surface area (Å²) < 4.78 is 16.5. The molecule has 7 nitrogen and oxygen atoms in total. The number of benzene rings is 1. The third-order valence-electron chi connectivity index (χ3n) is 6.97. The number of rotatable bonds is 9. The summed E-state index contributed by atoms with van der Waals surface area (Å²) in [5, 5.41) is 3.70. The van der Waals surface area contributed by atoms with Gasteiger partial charge in [-0.3, -0.25) is 9.89 Å². The summed E-state index contributed by atoms with van der Waals surface area (Å²) in [6.45, 7) is 5.94. The van der Waals surface area contributed by atoms with E-state index >= 15 is 0 Å². The first-order valence-electron chi connectivity index (χ1n) is 11.6. The van der Waals surface area contributed by atoms with Gasteiger partial charge in [-0.25, -0.2) is 0 Å². The zero-order valence-electron chi connectivity index (χ0n) is 19.9. The quantitative estimate of drug-likeness (QED) is 0.285. The van der Waals surface area contributed by atoms with Gasteiger partial charge in [0.15, 0.2) is 17.5 Å². The number of guanidine groups is 1. The molecule has 1 aliphatic heterocycles. The van der Waals surface area contributed by atoms with Crippen molar-refractivity contribution in [3.05, 3.63) is 17.7 Å². The summed E-state index contributed by atoms with van der Waals surface area (Å²) in [5.74, 6) is 5.92. The normalized spacial score (nSPS) is 19.5. The molecule has 0 unspecified atom stereocenters. The number of halogens is 1. The van der Waals surface area contributed by atoms with Crippen LogP contribution in [0.25, 0.3) is 0 Å². The van der Waals surface area contributed by atoms with Gasteiger partial charge < -0.3 is 24.4 Å². The Balaban J connectivity index is 0.00000289.